The Morgan fingerprint density at radius 2 is 1.43 bits per heavy atom. The van der Waals surface area contributed by atoms with Gasteiger partial charge in [0.05, 0.1) is 17.7 Å². The molecule has 0 spiro atoms. The maximum atomic E-state index is 12.7. The Labute approximate surface area is 256 Å². The Morgan fingerprint density at radius 1 is 0.841 bits per heavy atom. The minimum Gasteiger partial charge on any atom is -0.493 e. The molecule has 1 aliphatic heterocycles. The number of hydrogen-bond acceptors (Lipinski definition) is 6. The molecule has 4 bridgehead atoms. The van der Waals surface area contributed by atoms with Gasteiger partial charge in [0, 0.05) is 19.0 Å². The SMILES string of the molecule is CC(=O)Oc1ccc(-c2ccc(C(=O)O)c(OCCCN3C(=O)c4ccccc4C3=O)c2)cc1C12CC3CC(CC(C3)C1)C2. The van der Waals surface area contributed by atoms with Crippen LogP contribution in [0.4, 0.5) is 0 Å². The lowest BCUT2D eigenvalue weighted by atomic mass is 9.48. The Kier molecular flexibility index (Phi) is 7.03. The zero-order valence-electron chi connectivity index (χ0n) is 24.7. The number of ether oxygens (including phenoxy) is 2. The molecule has 44 heavy (non-hydrogen) atoms. The first kappa shape index (κ1) is 28.3. The van der Waals surface area contributed by atoms with Gasteiger partial charge in [-0.1, -0.05) is 24.3 Å². The summed E-state index contributed by atoms with van der Waals surface area (Å²) in [5.41, 5.74) is 3.59. The highest BCUT2D eigenvalue weighted by Crippen LogP contribution is 2.62. The van der Waals surface area contributed by atoms with E-state index >= 15 is 0 Å². The summed E-state index contributed by atoms with van der Waals surface area (Å²) in [5.74, 6) is 0.878. The maximum Gasteiger partial charge on any atom is 0.339 e. The standard InChI is InChI=1S/C36H35NO7/c1-21(38)44-31-10-8-25(16-30(31)36-18-22-13-23(19-36)15-24(14-22)20-36)26-7-9-29(35(41)42)32(17-26)43-12-4-11-37-33(39)27-5-2-3-6-28(27)34(37)40/h2-3,5-10,16-17,22-24H,4,11-15,18-20H2,1H3,(H,41,42). The van der Waals surface area contributed by atoms with Crippen molar-refractivity contribution in [1.29, 1.82) is 0 Å². The quantitative estimate of drug-likeness (QED) is 0.130. The van der Waals surface area contributed by atoms with Crippen molar-refractivity contribution >= 4 is 23.8 Å². The van der Waals surface area contributed by atoms with Crippen LogP contribution in [0.3, 0.4) is 0 Å². The number of rotatable bonds is 9. The Bertz CT molecular complexity index is 1620. The number of carboxylic acids is 1. The second-order valence-electron chi connectivity index (χ2n) is 13.0. The molecule has 2 amide bonds. The molecule has 3 aromatic carbocycles. The number of aromatic carboxylic acids is 1. The fraction of sp³-hybridized carbons (Fsp3) is 0.389. The van der Waals surface area contributed by atoms with E-state index < -0.39 is 5.97 Å². The summed E-state index contributed by atoms with van der Waals surface area (Å²) in [4.78, 5) is 50.7. The minimum atomic E-state index is -1.11. The summed E-state index contributed by atoms with van der Waals surface area (Å²) in [7, 11) is 0. The molecule has 226 valence electrons. The number of nitrogens with zero attached hydrogens (tertiary/aromatic N) is 1. The molecule has 8 heteroatoms. The number of imide groups is 1. The van der Waals surface area contributed by atoms with Gasteiger partial charge in [0.1, 0.15) is 17.1 Å². The molecule has 0 unspecified atom stereocenters. The molecule has 5 aliphatic rings. The normalized spacial score (nSPS) is 24.8. The first-order chi connectivity index (χ1) is 21.2. The van der Waals surface area contributed by atoms with Gasteiger partial charge in [-0.3, -0.25) is 19.3 Å². The number of esters is 1. The second-order valence-corrected chi connectivity index (χ2v) is 13.0. The van der Waals surface area contributed by atoms with Crippen LogP contribution >= 0.6 is 0 Å². The zero-order valence-corrected chi connectivity index (χ0v) is 24.7. The molecule has 4 fully saturated rings. The van der Waals surface area contributed by atoms with Crippen LogP contribution in [0, 0.1) is 17.8 Å². The molecule has 1 heterocycles. The van der Waals surface area contributed by atoms with Crippen molar-refractivity contribution in [2.75, 3.05) is 13.2 Å². The van der Waals surface area contributed by atoms with Crippen molar-refractivity contribution in [3.63, 3.8) is 0 Å². The molecule has 4 saturated carbocycles. The summed E-state index contributed by atoms with van der Waals surface area (Å²) in [5, 5.41) is 9.86. The number of fused-ring (bicyclic) bond motifs is 1. The number of amides is 2. The van der Waals surface area contributed by atoms with Crippen LogP contribution in [0.2, 0.25) is 0 Å². The van der Waals surface area contributed by atoms with Crippen LogP contribution in [0.1, 0.15) is 88.5 Å². The molecule has 0 saturated heterocycles. The minimum absolute atomic E-state index is 0.0139. The molecule has 0 atom stereocenters. The number of hydrogen-bond donors (Lipinski definition) is 1. The van der Waals surface area contributed by atoms with Crippen molar-refractivity contribution in [2.24, 2.45) is 17.8 Å². The van der Waals surface area contributed by atoms with Crippen LogP contribution in [0.5, 0.6) is 11.5 Å². The van der Waals surface area contributed by atoms with E-state index in [9.17, 15) is 24.3 Å². The van der Waals surface area contributed by atoms with Crippen LogP contribution in [0.25, 0.3) is 11.1 Å². The third-order valence-electron chi connectivity index (χ3n) is 10.1. The van der Waals surface area contributed by atoms with Gasteiger partial charge >= 0.3 is 11.9 Å². The zero-order chi connectivity index (χ0) is 30.6. The van der Waals surface area contributed by atoms with Gasteiger partial charge in [0.15, 0.2) is 0 Å². The van der Waals surface area contributed by atoms with Crippen molar-refractivity contribution < 1.29 is 33.8 Å². The Morgan fingerprint density at radius 3 is 2.02 bits per heavy atom. The summed E-state index contributed by atoms with van der Waals surface area (Å²) in [6.07, 6.45) is 7.56. The van der Waals surface area contributed by atoms with Crippen LogP contribution in [-0.4, -0.2) is 46.9 Å². The van der Waals surface area contributed by atoms with E-state index in [1.165, 1.54) is 31.1 Å². The molecule has 8 rings (SSSR count). The van der Waals surface area contributed by atoms with Gasteiger partial charge in [-0.2, -0.15) is 0 Å². The third kappa shape index (κ3) is 4.96. The van der Waals surface area contributed by atoms with Crippen LogP contribution in [0.15, 0.2) is 60.7 Å². The van der Waals surface area contributed by atoms with Crippen molar-refractivity contribution in [3.05, 3.63) is 82.9 Å². The van der Waals surface area contributed by atoms with E-state index in [0.29, 0.717) is 41.1 Å². The lowest BCUT2D eigenvalue weighted by molar-refractivity contribution is -0.132. The van der Waals surface area contributed by atoms with Crippen molar-refractivity contribution in [3.8, 4) is 22.6 Å². The maximum absolute atomic E-state index is 12.7. The van der Waals surface area contributed by atoms with Crippen LogP contribution in [-0.2, 0) is 10.2 Å². The average molecular weight is 594 g/mol. The molecule has 4 aliphatic carbocycles. The topological polar surface area (TPSA) is 110 Å². The molecule has 3 aromatic rings. The largest absolute Gasteiger partial charge is 0.493 e. The molecular weight excluding hydrogens is 558 g/mol. The van der Waals surface area contributed by atoms with E-state index in [2.05, 4.69) is 6.07 Å². The van der Waals surface area contributed by atoms with Gasteiger partial charge in [0.25, 0.3) is 11.8 Å². The highest BCUT2D eigenvalue weighted by molar-refractivity contribution is 6.21. The van der Waals surface area contributed by atoms with Crippen molar-refractivity contribution in [2.45, 2.75) is 57.3 Å². The lowest BCUT2D eigenvalue weighted by Crippen LogP contribution is -2.48. The fourth-order valence-electron chi connectivity index (χ4n) is 8.65. The highest BCUT2D eigenvalue weighted by atomic mass is 16.5. The van der Waals surface area contributed by atoms with Gasteiger partial charge < -0.3 is 14.6 Å². The van der Waals surface area contributed by atoms with E-state index in [4.69, 9.17) is 9.47 Å². The molecule has 8 nitrogen and oxygen atoms in total. The molecule has 0 radical (unpaired) electrons. The predicted octanol–water partition coefficient (Wildman–Crippen LogP) is 6.51. The van der Waals surface area contributed by atoms with E-state index in [1.807, 2.05) is 12.1 Å². The van der Waals surface area contributed by atoms with Crippen molar-refractivity contribution in [1.82, 2.24) is 4.90 Å². The average Bonchev–Trinajstić information content (AvgIpc) is 3.23. The summed E-state index contributed by atoms with van der Waals surface area (Å²) < 4.78 is 11.7. The number of benzene rings is 3. The molecular formula is C36H35NO7. The lowest BCUT2D eigenvalue weighted by Gasteiger charge is -2.57. The Hall–Kier alpha value is -4.46. The number of carbonyl (C=O) groups excluding carboxylic acids is 3. The van der Waals surface area contributed by atoms with Crippen LogP contribution < -0.4 is 9.47 Å². The van der Waals surface area contributed by atoms with E-state index in [-0.39, 0.29) is 47.7 Å². The van der Waals surface area contributed by atoms with E-state index in [0.717, 1.165) is 36.0 Å². The molecule has 0 aromatic heterocycles. The summed E-state index contributed by atoms with van der Waals surface area (Å²) >= 11 is 0. The third-order valence-corrected chi connectivity index (χ3v) is 10.1. The van der Waals surface area contributed by atoms with Gasteiger partial charge in [-0.25, -0.2) is 4.79 Å². The fourth-order valence-corrected chi connectivity index (χ4v) is 8.65. The smallest absolute Gasteiger partial charge is 0.339 e. The summed E-state index contributed by atoms with van der Waals surface area (Å²) in [6, 6.07) is 17.7. The predicted molar refractivity (Wildman–Crippen MR) is 162 cm³/mol. The second kappa shape index (κ2) is 10.9. The summed E-state index contributed by atoms with van der Waals surface area (Å²) in [6.45, 7) is 1.72. The highest BCUT2D eigenvalue weighted by Gasteiger charge is 2.52. The molecule has 1 N–H and O–H groups in total. The van der Waals surface area contributed by atoms with Gasteiger partial charge in [-0.15, -0.1) is 0 Å². The Balaban J connectivity index is 1.13. The van der Waals surface area contributed by atoms with Gasteiger partial charge in [-0.05, 0) is 116 Å². The van der Waals surface area contributed by atoms with Gasteiger partial charge in [0.2, 0.25) is 0 Å². The number of carbonyl (C=O) groups is 4. The van der Waals surface area contributed by atoms with E-state index in [1.54, 1.807) is 42.5 Å². The monoisotopic (exact) mass is 593 g/mol. The number of carboxylic acid groups (broad SMARTS) is 1. The first-order valence-electron chi connectivity index (χ1n) is 15.5. The first-order valence-corrected chi connectivity index (χ1v) is 15.5.